The number of rotatable bonds is 4. The van der Waals surface area contributed by atoms with Gasteiger partial charge in [0.1, 0.15) is 5.76 Å². The molecule has 1 saturated carbocycles. The van der Waals surface area contributed by atoms with Crippen molar-refractivity contribution in [3.8, 4) is 5.75 Å². The van der Waals surface area contributed by atoms with Gasteiger partial charge in [-0.3, -0.25) is 0 Å². The van der Waals surface area contributed by atoms with Crippen LogP contribution in [0, 0.1) is 6.92 Å². The zero-order valence-corrected chi connectivity index (χ0v) is 10.2. The van der Waals surface area contributed by atoms with Crippen LogP contribution in [0.1, 0.15) is 24.2 Å². The summed E-state index contributed by atoms with van der Waals surface area (Å²) < 4.78 is 11.2. The van der Waals surface area contributed by atoms with Crippen LogP contribution >= 0.6 is 0 Å². The highest BCUT2D eigenvalue weighted by Gasteiger charge is 2.22. The molecule has 0 radical (unpaired) electrons. The lowest BCUT2D eigenvalue weighted by molar-refractivity contribution is 0.406. The van der Waals surface area contributed by atoms with Crippen LogP contribution in [-0.2, 0) is 6.54 Å². The Morgan fingerprint density at radius 3 is 2.94 bits per heavy atom. The number of benzene rings is 1. The van der Waals surface area contributed by atoms with E-state index in [-0.39, 0.29) is 0 Å². The van der Waals surface area contributed by atoms with Gasteiger partial charge in [0.2, 0.25) is 0 Å². The first-order valence-corrected chi connectivity index (χ1v) is 6.08. The summed E-state index contributed by atoms with van der Waals surface area (Å²) in [5, 5.41) is 4.63. The predicted molar refractivity (Wildman–Crippen MR) is 67.4 cm³/mol. The van der Waals surface area contributed by atoms with Crippen LogP contribution in [0.4, 0.5) is 0 Å². The molecule has 1 fully saturated rings. The maximum absolute atomic E-state index is 5.91. The van der Waals surface area contributed by atoms with E-state index in [0.717, 1.165) is 29.0 Å². The van der Waals surface area contributed by atoms with Gasteiger partial charge in [0, 0.05) is 11.4 Å². The lowest BCUT2D eigenvalue weighted by Crippen LogP contribution is -2.15. The molecule has 2 aromatic rings. The smallest absolute Gasteiger partial charge is 0.176 e. The Balaban J connectivity index is 1.97. The number of furan rings is 1. The van der Waals surface area contributed by atoms with Crippen molar-refractivity contribution >= 4 is 11.0 Å². The second kappa shape index (κ2) is 4.08. The highest BCUT2D eigenvalue weighted by atomic mass is 16.5. The van der Waals surface area contributed by atoms with Crippen molar-refractivity contribution in [3.05, 3.63) is 29.5 Å². The Hall–Kier alpha value is -1.48. The van der Waals surface area contributed by atoms with E-state index in [1.165, 1.54) is 18.4 Å². The van der Waals surface area contributed by atoms with Gasteiger partial charge in [-0.05, 0) is 31.4 Å². The van der Waals surface area contributed by atoms with Gasteiger partial charge in [0.15, 0.2) is 11.3 Å². The molecule has 1 N–H and O–H groups in total. The molecule has 0 bridgehead atoms. The normalized spacial score (nSPS) is 15.4. The third kappa shape index (κ3) is 1.91. The van der Waals surface area contributed by atoms with Gasteiger partial charge < -0.3 is 14.5 Å². The minimum Gasteiger partial charge on any atom is -0.493 e. The van der Waals surface area contributed by atoms with E-state index >= 15 is 0 Å². The average Bonchev–Trinajstić information content (AvgIpc) is 3.12. The number of hydrogen-bond donors (Lipinski definition) is 1. The number of fused-ring (bicyclic) bond motifs is 1. The van der Waals surface area contributed by atoms with Crippen molar-refractivity contribution in [1.82, 2.24) is 5.32 Å². The predicted octanol–water partition coefficient (Wildman–Crippen LogP) is 3.00. The first-order chi connectivity index (χ1) is 8.29. The lowest BCUT2D eigenvalue weighted by Gasteiger charge is -2.00. The summed E-state index contributed by atoms with van der Waals surface area (Å²) in [7, 11) is 1.68. The second-order valence-corrected chi connectivity index (χ2v) is 4.64. The molecule has 3 nitrogen and oxygen atoms in total. The first-order valence-electron chi connectivity index (χ1n) is 6.08. The summed E-state index contributed by atoms with van der Waals surface area (Å²) in [4.78, 5) is 0. The van der Waals surface area contributed by atoms with E-state index in [4.69, 9.17) is 9.15 Å². The van der Waals surface area contributed by atoms with Crippen molar-refractivity contribution in [2.75, 3.05) is 7.11 Å². The monoisotopic (exact) mass is 231 g/mol. The quantitative estimate of drug-likeness (QED) is 0.878. The summed E-state index contributed by atoms with van der Waals surface area (Å²) in [5.41, 5.74) is 2.08. The van der Waals surface area contributed by atoms with Crippen LogP contribution in [0.15, 0.2) is 22.6 Å². The number of ether oxygens (including phenoxy) is 1. The molecule has 0 atom stereocenters. The molecule has 0 amide bonds. The third-order valence-corrected chi connectivity index (χ3v) is 3.37. The standard InChI is InChI=1S/C14H17NO2/c1-9-11-4-3-5-12(16-2)14(11)17-13(9)8-15-10-6-7-10/h3-5,10,15H,6-8H2,1-2H3. The SMILES string of the molecule is COc1cccc2c(C)c(CNC3CC3)oc12. The summed E-state index contributed by atoms with van der Waals surface area (Å²) in [5.74, 6) is 1.83. The first kappa shape index (κ1) is 10.7. The van der Waals surface area contributed by atoms with Gasteiger partial charge >= 0.3 is 0 Å². The van der Waals surface area contributed by atoms with E-state index in [9.17, 15) is 0 Å². The molecule has 1 aliphatic carbocycles. The Bertz CT molecular complexity index is 540. The van der Waals surface area contributed by atoms with Crippen LogP contribution < -0.4 is 10.1 Å². The average molecular weight is 231 g/mol. The van der Waals surface area contributed by atoms with Crippen LogP contribution in [0.3, 0.4) is 0 Å². The summed E-state index contributed by atoms with van der Waals surface area (Å²) >= 11 is 0. The molecule has 1 heterocycles. The topological polar surface area (TPSA) is 34.4 Å². The summed E-state index contributed by atoms with van der Waals surface area (Å²) in [6.07, 6.45) is 2.59. The molecule has 3 rings (SSSR count). The highest BCUT2D eigenvalue weighted by molar-refractivity contribution is 5.87. The summed E-state index contributed by atoms with van der Waals surface area (Å²) in [6, 6.07) is 6.71. The molecule has 1 aliphatic rings. The maximum atomic E-state index is 5.91. The van der Waals surface area contributed by atoms with Crippen molar-refractivity contribution in [3.63, 3.8) is 0 Å². The van der Waals surface area contributed by atoms with E-state index in [0.29, 0.717) is 6.04 Å². The van der Waals surface area contributed by atoms with Gasteiger partial charge in [-0.25, -0.2) is 0 Å². The largest absolute Gasteiger partial charge is 0.493 e. The van der Waals surface area contributed by atoms with Gasteiger partial charge in [-0.15, -0.1) is 0 Å². The molecule has 0 unspecified atom stereocenters. The van der Waals surface area contributed by atoms with Crippen LogP contribution in [0.25, 0.3) is 11.0 Å². The highest BCUT2D eigenvalue weighted by Crippen LogP contribution is 2.32. The van der Waals surface area contributed by atoms with Crippen LogP contribution in [-0.4, -0.2) is 13.2 Å². The fourth-order valence-corrected chi connectivity index (χ4v) is 2.12. The minimum absolute atomic E-state index is 0.699. The van der Waals surface area contributed by atoms with Crippen molar-refractivity contribution in [2.45, 2.75) is 32.4 Å². The van der Waals surface area contributed by atoms with E-state index < -0.39 is 0 Å². The molecular formula is C14H17NO2. The molecule has 0 aliphatic heterocycles. The molecular weight excluding hydrogens is 214 g/mol. The summed E-state index contributed by atoms with van der Waals surface area (Å²) in [6.45, 7) is 2.92. The Kier molecular flexibility index (Phi) is 2.56. The van der Waals surface area contributed by atoms with Crippen molar-refractivity contribution < 1.29 is 9.15 Å². The second-order valence-electron chi connectivity index (χ2n) is 4.64. The zero-order chi connectivity index (χ0) is 11.8. The molecule has 90 valence electrons. The van der Waals surface area contributed by atoms with E-state index in [2.05, 4.69) is 18.3 Å². The maximum Gasteiger partial charge on any atom is 0.176 e. The molecule has 0 spiro atoms. The number of para-hydroxylation sites is 1. The Morgan fingerprint density at radius 2 is 2.24 bits per heavy atom. The lowest BCUT2D eigenvalue weighted by atomic mass is 10.1. The Morgan fingerprint density at radius 1 is 1.41 bits per heavy atom. The third-order valence-electron chi connectivity index (χ3n) is 3.37. The number of methoxy groups -OCH3 is 1. The molecule has 3 heteroatoms. The number of nitrogens with one attached hydrogen (secondary N) is 1. The van der Waals surface area contributed by atoms with Crippen molar-refractivity contribution in [1.29, 1.82) is 0 Å². The van der Waals surface area contributed by atoms with Gasteiger partial charge in [0.05, 0.1) is 13.7 Å². The van der Waals surface area contributed by atoms with Crippen LogP contribution in [0.5, 0.6) is 5.75 Å². The molecule has 1 aromatic carbocycles. The number of aryl methyl sites for hydroxylation is 1. The van der Waals surface area contributed by atoms with Crippen molar-refractivity contribution in [2.24, 2.45) is 0 Å². The molecule has 0 saturated heterocycles. The Labute approximate surface area is 101 Å². The molecule has 1 aromatic heterocycles. The fourth-order valence-electron chi connectivity index (χ4n) is 2.12. The molecule has 17 heavy (non-hydrogen) atoms. The minimum atomic E-state index is 0.699. The zero-order valence-electron chi connectivity index (χ0n) is 10.2. The number of hydrogen-bond acceptors (Lipinski definition) is 3. The fraction of sp³-hybridized carbons (Fsp3) is 0.429. The van der Waals surface area contributed by atoms with E-state index in [1.54, 1.807) is 7.11 Å². The van der Waals surface area contributed by atoms with E-state index in [1.807, 2.05) is 12.1 Å². The van der Waals surface area contributed by atoms with Gasteiger partial charge in [-0.1, -0.05) is 12.1 Å². The van der Waals surface area contributed by atoms with Gasteiger partial charge in [0.25, 0.3) is 0 Å². The van der Waals surface area contributed by atoms with Gasteiger partial charge in [-0.2, -0.15) is 0 Å². The van der Waals surface area contributed by atoms with Crippen LogP contribution in [0.2, 0.25) is 0 Å².